The molecule has 0 aliphatic rings. The highest BCUT2D eigenvalue weighted by Crippen LogP contribution is 2.12. The van der Waals surface area contributed by atoms with Gasteiger partial charge in [0, 0.05) is 19.8 Å². The summed E-state index contributed by atoms with van der Waals surface area (Å²) < 4.78 is 10.3. The molecule has 1 atom stereocenters. The van der Waals surface area contributed by atoms with Crippen LogP contribution in [-0.4, -0.2) is 41.3 Å². The Kier molecular flexibility index (Phi) is 6.67. The molecule has 0 spiro atoms. The van der Waals surface area contributed by atoms with Crippen molar-refractivity contribution in [1.82, 2.24) is 15.0 Å². The summed E-state index contributed by atoms with van der Waals surface area (Å²) in [6.45, 7) is 5.25. The summed E-state index contributed by atoms with van der Waals surface area (Å²) in [7, 11) is 1.67. The number of nitrogens with one attached hydrogen (secondary N) is 1. The first-order chi connectivity index (χ1) is 8.65. The second-order valence-corrected chi connectivity index (χ2v) is 4.22. The van der Waals surface area contributed by atoms with E-state index in [1.54, 1.807) is 7.11 Å². The topological polar surface area (TPSA) is 69.2 Å². The Morgan fingerprint density at radius 3 is 2.72 bits per heavy atom. The Morgan fingerprint density at radius 1 is 1.28 bits per heavy atom. The number of halogens is 1. The van der Waals surface area contributed by atoms with Crippen molar-refractivity contribution in [3.63, 3.8) is 0 Å². The second kappa shape index (κ2) is 8.05. The molecule has 102 valence electrons. The van der Waals surface area contributed by atoms with Gasteiger partial charge >= 0.3 is 6.01 Å². The van der Waals surface area contributed by atoms with E-state index < -0.39 is 0 Å². The highest BCUT2D eigenvalue weighted by molar-refractivity contribution is 6.28. The molecule has 1 N–H and O–H groups in total. The molecule has 6 nitrogen and oxygen atoms in total. The van der Waals surface area contributed by atoms with Gasteiger partial charge in [0.1, 0.15) is 0 Å². The molecule has 0 aliphatic heterocycles. The van der Waals surface area contributed by atoms with Crippen molar-refractivity contribution in [2.75, 3.05) is 25.6 Å². The zero-order valence-electron chi connectivity index (χ0n) is 10.9. The van der Waals surface area contributed by atoms with E-state index in [4.69, 9.17) is 21.1 Å². The van der Waals surface area contributed by atoms with Crippen LogP contribution in [0.1, 0.15) is 26.7 Å². The van der Waals surface area contributed by atoms with Gasteiger partial charge < -0.3 is 14.8 Å². The lowest BCUT2D eigenvalue weighted by Gasteiger charge is -2.13. The largest absolute Gasteiger partial charge is 0.463 e. The SMILES string of the molecule is CCCOc1nc(Cl)nc(NC(C)CCOC)n1. The number of rotatable bonds is 8. The van der Waals surface area contributed by atoms with Gasteiger partial charge in [-0.15, -0.1) is 0 Å². The summed E-state index contributed by atoms with van der Waals surface area (Å²) >= 11 is 5.81. The maximum Gasteiger partial charge on any atom is 0.322 e. The zero-order chi connectivity index (χ0) is 13.4. The Labute approximate surface area is 112 Å². The normalized spacial score (nSPS) is 12.2. The van der Waals surface area contributed by atoms with Crippen LogP contribution in [0.25, 0.3) is 0 Å². The monoisotopic (exact) mass is 274 g/mol. The van der Waals surface area contributed by atoms with Crippen LogP contribution in [0.15, 0.2) is 0 Å². The smallest absolute Gasteiger partial charge is 0.322 e. The Morgan fingerprint density at radius 2 is 2.06 bits per heavy atom. The molecule has 0 bridgehead atoms. The molecule has 1 rings (SSSR count). The fourth-order valence-corrected chi connectivity index (χ4v) is 1.39. The number of hydrogen-bond donors (Lipinski definition) is 1. The van der Waals surface area contributed by atoms with Gasteiger partial charge in [0.05, 0.1) is 6.61 Å². The summed E-state index contributed by atoms with van der Waals surface area (Å²) in [5, 5.41) is 3.25. The van der Waals surface area contributed by atoms with E-state index in [1.807, 2.05) is 13.8 Å². The second-order valence-electron chi connectivity index (χ2n) is 3.89. The number of hydrogen-bond acceptors (Lipinski definition) is 6. The maximum absolute atomic E-state index is 5.81. The Balaban J connectivity index is 2.61. The predicted octanol–water partition coefficient (Wildman–Crippen LogP) is 2.15. The van der Waals surface area contributed by atoms with E-state index in [2.05, 4.69) is 20.3 Å². The van der Waals surface area contributed by atoms with Crippen LogP contribution >= 0.6 is 11.6 Å². The first-order valence-electron chi connectivity index (χ1n) is 5.95. The van der Waals surface area contributed by atoms with Crippen molar-refractivity contribution in [2.24, 2.45) is 0 Å². The van der Waals surface area contributed by atoms with E-state index in [9.17, 15) is 0 Å². The standard InChI is InChI=1S/C11H19ClN4O2/c1-4-6-18-11-15-9(12)14-10(16-11)13-8(2)5-7-17-3/h8H,4-7H2,1-3H3,(H,13,14,15,16). The lowest BCUT2D eigenvalue weighted by atomic mass is 10.2. The number of ether oxygens (including phenoxy) is 2. The number of nitrogens with zero attached hydrogens (tertiary/aromatic N) is 3. The number of anilines is 1. The van der Waals surface area contributed by atoms with Crippen molar-refractivity contribution in [2.45, 2.75) is 32.7 Å². The zero-order valence-corrected chi connectivity index (χ0v) is 11.7. The molecule has 1 heterocycles. The van der Waals surface area contributed by atoms with Crippen molar-refractivity contribution < 1.29 is 9.47 Å². The fourth-order valence-electron chi connectivity index (χ4n) is 1.24. The maximum atomic E-state index is 5.81. The molecule has 18 heavy (non-hydrogen) atoms. The first-order valence-corrected chi connectivity index (χ1v) is 6.33. The van der Waals surface area contributed by atoms with E-state index in [-0.39, 0.29) is 17.3 Å². The van der Waals surface area contributed by atoms with Gasteiger partial charge in [-0.2, -0.15) is 15.0 Å². The van der Waals surface area contributed by atoms with E-state index in [1.165, 1.54) is 0 Å². The lowest BCUT2D eigenvalue weighted by Crippen LogP contribution is -2.19. The lowest BCUT2D eigenvalue weighted by molar-refractivity contribution is 0.191. The molecular formula is C11H19ClN4O2. The Bertz CT molecular complexity index is 365. The van der Waals surface area contributed by atoms with Gasteiger partial charge in [-0.1, -0.05) is 6.92 Å². The molecule has 1 aromatic rings. The first kappa shape index (κ1) is 14.9. The summed E-state index contributed by atoms with van der Waals surface area (Å²) in [5.74, 6) is 0.421. The van der Waals surface area contributed by atoms with Gasteiger partial charge in [-0.3, -0.25) is 0 Å². The van der Waals surface area contributed by atoms with Crippen molar-refractivity contribution >= 4 is 17.5 Å². The molecule has 0 aromatic carbocycles. The molecule has 0 amide bonds. The van der Waals surface area contributed by atoms with E-state index in [0.717, 1.165) is 12.8 Å². The molecule has 1 aromatic heterocycles. The summed E-state index contributed by atoms with van der Waals surface area (Å²) in [5.41, 5.74) is 0. The molecule has 0 aliphatic carbocycles. The van der Waals surface area contributed by atoms with Crippen LogP contribution in [0.4, 0.5) is 5.95 Å². The van der Waals surface area contributed by atoms with Crippen LogP contribution in [0.5, 0.6) is 6.01 Å². The fraction of sp³-hybridized carbons (Fsp3) is 0.727. The molecule has 0 radical (unpaired) electrons. The third kappa shape index (κ3) is 5.46. The minimum atomic E-state index is 0.123. The highest BCUT2D eigenvalue weighted by atomic mass is 35.5. The quantitative estimate of drug-likeness (QED) is 0.783. The average molecular weight is 275 g/mol. The molecule has 0 saturated carbocycles. The minimum Gasteiger partial charge on any atom is -0.463 e. The number of aromatic nitrogens is 3. The highest BCUT2D eigenvalue weighted by Gasteiger charge is 2.08. The average Bonchev–Trinajstić information content (AvgIpc) is 2.33. The molecule has 1 unspecified atom stereocenters. The van der Waals surface area contributed by atoms with E-state index >= 15 is 0 Å². The van der Waals surface area contributed by atoms with Gasteiger partial charge in [0.2, 0.25) is 11.2 Å². The van der Waals surface area contributed by atoms with Crippen molar-refractivity contribution in [3.05, 3.63) is 5.28 Å². The minimum absolute atomic E-state index is 0.123. The Hall–Kier alpha value is -1.14. The van der Waals surface area contributed by atoms with Crippen LogP contribution in [0, 0.1) is 0 Å². The van der Waals surface area contributed by atoms with Gasteiger partial charge in [-0.05, 0) is 31.4 Å². The van der Waals surface area contributed by atoms with E-state index in [0.29, 0.717) is 19.2 Å². The van der Waals surface area contributed by atoms with Gasteiger partial charge in [-0.25, -0.2) is 0 Å². The summed E-state index contributed by atoms with van der Waals surface area (Å²) in [6.07, 6.45) is 1.74. The van der Waals surface area contributed by atoms with Gasteiger partial charge in [0.25, 0.3) is 0 Å². The van der Waals surface area contributed by atoms with Crippen LogP contribution in [-0.2, 0) is 4.74 Å². The molecular weight excluding hydrogens is 256 g/mol. The van der Waals surface area contributed by atoms with Crippen molar-refractivity contribution in [1.29, 1.82) is 0 Å². The molecule has 7 heteroatoms. The van der Waals surface area contributed by atoms with Crippen LogP contribution in [0.3, 0.4) is 0 Å². The molecule has 0 fully saturated rings. The summed E-state index contributed by atoms with van der Waals surface area (Å²) in [4.78, 5) is 12.0. The van der Waals surface area contributed by atoms with Crippen LogP contribution in [0.2, 0.25) is 5.28 Å². The third-order valence-electron chi connectivity index (χ3n) is 2.15. The van der Waals surface area contributed by atoms with Crippen molar-refractivity contribution in [3.8, 4) is 6.01 Å². The molecule has 0 saturated heterocycles. The van der Waals surface area contributed by atoms with Gasteiger partial charge in [0.15, 0.2) is 0 Å². The van der Waals surface area contributed by atoms with Crippen LogP contribution < -0.4 is 10.1 Å². The number of methoxy groups -OCH3 is 1. The summed E-state index contributed by atoms with van der Waals surface area (Å²) in [6, 6.07) is 0.431. The third-order valence-corrected chi connectivity index (χ3v) is 2.32. The predicted molar refractivity (Wildman–Crippen MR) is 70.2 cm³/mol.